The van der Waals surface area contributed by atoms with Crippen molar-refractivity contribution in [3.8, 4) is 0 Å². The van der Waals surface area contributed by atoms with Crippen LogP contribution in [0.3, 0.4) is 0 Å². The van der Waals surface area contributed by atoms with Crippen LogP contribution in [0, 0.1) is 5.41 Å². The highest BCUT2D eigenvalue weighted by Gasteiger charge is 2.53. The first kappa shape index (κ1) is 12.5. The van der Waals surface area contributed by atoms with E-state index in [1.54, 1.807) is 0 Å². The van der Waals surface area contributed by atoms with Crippen molar-refractivity contribution in [3.05, 3.63) is 0 Å². The van der Waals surface area contributed by atoms with Gasteiger partial charge in [0.25, 0.3) is 0 Å². The maximum Gasteiger partial charge on any atom is 0.312 e. The van der Waals surface area contributed by atoms with E-state index in [9.17, 15) is 15.0 Å². The molecule has 0 aromatic carbocycles. The standard InChI is InChI=1S/C12H22O3/c1-3-11(4-2,10(13)14)12(15)8-6-5-7-9-12/h15H,3-9H2,1-2H3,(H,13,14). The summed E-state index contributed by atoms with van der Waals surface area (Å²) < 4.78 is 0. The third kappa shape index (κ3) is 1.89. The summed E-state index contributed by atoms with van der Waals surface area (Å²) in [7, 11) is 0. The Morgan fingerprint density at radius 3 is 2.00 bits per heavy atom. The van der Waals surface area contributed by atoms with Gasteiger partial charge < -0.3 is 10.2 Å². The van der Waals surface area contributed by atoms with Crippen LogP contribution in [-0.2, 0) is 4.79 Å². The molecule has 1 fully saturated rings. The molecule has 15 heavy (non-hydrogen) atoms. The maximum atomic E-state index is 11.4. The monoisotopic (exact) mass is 214 g/mol. The van der Waals surface area contributed by atoms with Crippen LogP contribution >= 0.6 is 0 Å². The number of hydrogen-bond acceptors (Lipinski definition) is 2. The van der Waals surface area contributed by atoms with Gasteiger partial charge in [-0.3, -0.25) is 4.79 Å². The van der Waals surface area contributed by atoms with E-state index in [0.717, 1.165) is 19.3 Å². The van der Waals surface area contributed by atoms with Crippen LogP contribution in [0.2, 0.25) is 0 Å². The van der Waals surface area contributed by atoms with E-state index in [-0.39, 0.29) is 0 Å². The van der Waals surface area contributed by atoms with Crippen LogP contribution < -0.4 is 0 Å². The molecule has 0 aliphatic heterocycles. The van der Waals surface area contributed by atoms with E-state index in [1.807, 2.05) is 13.8 Å². The molecule has 0 spiro atoms. The summed E-state index contributed by atoms with van der Waals surface area (Å²) in [5.41, 5.74) is -1.92. The summed E-state index contributed by atoms with van der Waals surface area (Å²) in [6.45, 7) is 3.73. The van der Waals surface area contributed by atoms with Gasteiger partial charge in [-0.05, 0) is 25.7 Å². The molecular formula is C12H22O3. The van der Waals surface area contributed by atoms with Crippen LogP contribution in [0.5, 0.6) is 0 Å². The Morgan fingerprint density at radius 1 is 1.20 bits per heavy atom. The first-order chi connectivity index (χ1) is 7.02. The van der Waals surface area contributed by atoms with E-state index in [1.165, 1.54) is 0 Å². The van der Waals surface area contributed by atoms with Crippen molar-refractivity contribution in [1.29, 1.82) is 0 Å². The molecule has 0 saturated heterocycles. The van der Waals surface area contributed by atoms with Crippen LogP contribution in [-0.4, -0.2) is 21.8 Å². The van der Waals surface area contributed by atoms with Gasteiger partial charge in [-0.15, -0.1) is 0 Å². The molecule has 3 nitrogen and oxygen atoms in total. The van der Waals surface area contributed by atoms with Crippen molar-refractivity contribution < 1.29 is 15.0 Å². The lowest BCUT2D eigenvalue weighted by Gasteiger charge is -2.46. The number of hydrogen-bond donors (Lipinski definition) is 2. The van der Waals surface area contributed by atoms with E-state index in [2.05, 4.69) is 0 Å². The van der Waals surface area contributed by atoms with Gasteiger partial charge in [0, 0.05) is 0 Å². The molecule has 1 aliphatic carbocycles. The van der Waals surface area contributed by atoms with Gasteiger partial charge in [-0.25, -0.2) is 0 Å². The smallest absolute Gasteiger partial charge is 0.312 e. The molecule has 88 valence electrons. The molecule has 3 heteroatoms. The average Bonchev–Trinajstić information content (AvgIpc) is 2.20. The summed E-state index contributed by atoms with van der Waals surface area (Å²) in [6.07, 6.45) is 5.31. The second kappa shape index (κ2) is 4.52. The average molecular weight is 214 g/mol. The van der Waals surface area contributed by atoms with Gasteiger partial charge in [0.2, 0.25) is 0 Å². The van der Waals surface area contributed by atoms with Crippen molar-refractivity contribution in [1.82, 2.24) is 0 Å². The molecule has 0 radical (unpaired) electrons. The number of carbonyl (C=O) groups is 1. The van der Waals surface area contributed by atoms with Crippen LogP contribution in [0.1, 0.15) is 58.8 Å². The quantitative estimate of drug-likeness (QED) is 0.756. The minimum absolute atomic E-state index is 0.509. The van der Waals surface area contributed by atoms with Crippen LogP contribution in [0.4, 0.5) is 0 Å². The maximum absolute atomic E-state index is 11.4. The normalized spacial score (nSPS) is 21.3. The first-order valence-electron chi connectivity index (χ1n) is 5.98. The topological polar surface area (TPSA) is 57.5 Å². The zero-order valence-electron chi connectivity index (χ0n) is 9.75. The fourth-order valence-corrected chi connectivity index (χ4v) is 3.02. The van der Waals surface area contributed by atoms with Crippen molar-refractivity contribution >= 4 is 5.97 Å². The van der Waals surface area contributed by atoms with Crippen molar-refractivity contribution in [2.75, 3.05) is 0 Å². The molecule has 0 aromatic rings. The Morgan fingerprint density at radius 2 is 1.67 bits per heavy atom. The predicted molar refractivity (Wildman–Crippen MR) is 58.7 cm³/mol. The van der Waals surface area contributed by atoms with Gasteiger partial charge in [-0.1, -0.05) is 33.1 Å². The number of aliphatic carboxylic acids is 1. The lowest BCUT2D eigenvalue weighted by molar-refractivity contribution is -0.176. The Kier molecular flexibility index (Phi) is 3.77. The molecule has 0 amide bonds. The fraction of sp³-hybridized carbons (Fsp3) is 0.917. The first-order valence-corrected chi connectivity index (χ1v) is 5.98. The molecule has 0 aromatic heterocycles. The lowest BCUT2D eigenvalue weighted by Crippen LogP contribution is -2.53. The molecule has 0 bridgehead atoms. The zero-order chi connectivity index (χ0) is 11.5. The Bertz CT molecular complexity index is 225. The van der Waals surface area contributed by atoms with E-state index in [4.69, 9.17) is 0 Å². The van der Waals surface area contributed by atoms with Gasteiger partial charge in [0.1, 0.15) is 0 Å². The zero-order valence-corrected chi connectivity index (χ0v) is 9.75. The second-order valence-electron chi connectivity index (χ2n) is 4.69. The number of rotatable bonds is 4. The molecule has 0 heterocycles. The summed E-state index contributed by atoms with van der Waals surface area (Å²) in [4.78, 5) is 11.4. The minimum Gasteiger partial charge on any atom is -0.481 e. The molecule has 1 rings (SSSR count). The van der Waals surface area contributed by atoms with Crippen LogP contribution in [0.15, 0.2) is 0 Å². The highest BCUT2D eigenvalue weighted by molar-refractivity contribution is 5.76. The third-order valence-electron chi connectivity index (χ3n) is 4.19. The van der Waals surface area contributed by atoms with E-state index in [0.29, 0.717) is 25.7 Å². The second-order valence-corrected chi connectivity index (χ2v) is 4.69. The number of carboxylic acid groups (broad SMARTS) is 1. The predicted octanol–water partition coefficient (Wildman–Crippen LogP) is 2.57. The Balaban J connectivity index is 3.00. The summed E-state index contributed by atoms with van der Waals surface area (Å²) in [5, 5.41) is 20.0. The van der Waals surface area contributed by atoms with E-state index < -0.39 is 17.0 Å². The summed E-state index contributed by atoms with van der Waals surface area (Å²) >= 11 is 0. The van der Waals surface area contributed by atoms with Crippen molar-refractivity contribution in [2.45, 2.75) is 64.4 Å². The SMILES string of the molecule is CCC(CC)(C(=O)O)C1(O)CCCCC1. The molecule has 0 unspecified atom stereocenters. The van der Waals surface area contributed by atoms with Gasteiger partial charge >= 0.3 is 5.97 Å². The summed E-state index contributed by atoms with van der Waals surface area (Å²) in [6, 6.07) is 0. The van der Waals surface area contributed by atoms with Crippen molar-refractivity contribution in [3.63, 3.8) is 0 Å². The highest BCUT2D eigenvalue weighted by atomic mass is 16.4. The molecule has 1 saturated carbocycles. The largest absolute Gasteiger partial charge is 0.481 e. The number of carboxylic acids is 1. The minimum atomic E-state index is -0.986. The van der Waals surface area contributed by atoms with Gasteiger partial charge in [0.05, 0.1) is 11.0 Å². The van der Waals surface area contributed by atoms with Gasteiger partial charge in [-0.2, -0.15) is 0 Å². The molecule has 1 aliphatic rings. The number of aliphatic hydroxyl groups is 1. The Hall–Kier alpha value is -0.570. The van der Waals surface area contributed by atoms with E-state index >= 15 is 0 Å². The fourth-order valence-electron chi connectivity index (χ4n) is 3.02. The molecule has 2 N–H and O–H groups in total. The Labute approximate surface area is 91.5 Å². The van der Waals surface area contributed by atoms with Gasteiger partial charge in [0.15, 0.2) is 0 Å². The molecular weight excluding hydrogens is 192 g/mol. The lowest BCUT2D eigenvalue weighted by atomic mass is 9.62. The molecule has 0 atom stereocenters. The van der Waals surface area contributed by atoms with Crippen LogP contribution in [0.25, 0.3) is 0 Å². The highest BCUT2D eigenvalue weighted by Crippen LogP contribution is 2.47. The summed E-state index contributed by atoms with van der Waals surface area (Å²) in [5.74, 6) is -0.836. The van der Waals surface area contributed by atoms with Crippen molar-refractivity contribution in [2.24, 2.45) is 5.41 Å². The third-order valence-corrected chi connectivity index (χ3v) is 4.19.